The van der Waals surface area contributed by atoms with Gasteiger partial charge in [-0.1, -0.05) is 206 Å². The maximum atomic E-state index is 12.8. The second kappa shape index (κ2) is 55.1. The number of allylic oxidation sites excluding steroid dienone is 22. The fourth-order valence-corrected chi connectivity index (χ4v) is 6.85. The van der Waals surface area contributed by atoms with Gasteiger partial charge in [0.25, 0.3) is 0 Å². The molecular weight excluding hydrogens is 841 g/mol. The van der Waals surface area contributed by atoms with Gasteiger partial charge in [0, 0.05) is 19.3 Å². The molecule has 382 valence electrons. The van der Waals surface area contributed by atoms with Crippen molar-refractivity contribution < 1.29 is 28.6 Å². The largest absolute Gasteiger partial charge is 0.462 e. The molecule has 0 amide bonds. The zero-order valence-electron chi connectivity index (χ0n) is 43.6. The number of esters is 3. The highest BCUT2D eigenvalue weighted by Gasteiger charge is 2.19. The second-order valence-corrected chi connectivity index (χ2v) is 17.4. The van der Waals surface area contributed by atoms with Crippen LogP contribution in [0.2, 0.25) is 0 Å². The van der Waals surface area contributed by atoms with E-state index in [1.54, 1.807) is 0 Å². The first-order valence-corrected chi connectivity index (χ1v) is 27.2. The number of carbonyl (C=O) groups is 3. The molecule has 0 spiro atoms. The lowest BCUT2D eigenvalue weighted by atomic mass is 10.1. The molecule has 0 heterocycles. The Kier molecular flexibility index (Phi) is 51.5. The number of hydrogen-bond acceptors (Lipinski definition) is 6. The summed E-state index contributed by atoms with van der Waals surface area (Å²) in [6.45, 7) is 6.29. The van der Waals surface area contributed by atoms with E-state index < -0.39 is 6.10 Å². The summed E-state index contributed by atoms with van der Waals surface area (Å²) in [6.07, 6.45) is 77.3. The van der Waals surface area contributed by atoms with Crippen LogP contribution in [-0.2, 0) is 28.6 Å². The maximum Gasteiger partial charge on any atom is 0.306 e. The first-order chi connectivity index (χ1) is 33.5. The summed E-state index contributed by atoms with van der Waals surface area (Å²) in [6, 6.07) is 0. The molecule has 0 aromatic rings. The molecule has 0 aromatic carbocycles. The smallest absolute Gasteiger partial charge is 0.306 e. The van der Waals surface area contributed by atoms with Crippen LogP contribution in [0.5, 0.6) is 0 Å². The molecule has 0 rings (SSSR count). The summed E-state index contributed by atoms with van der Waals surface area (Å²) < 4.78 is 16.7. The SMILES string of the molecule is CC/C=C\C/C=C\C/C=C\C/C=C\C/C=C\CCCC(=O)OC(COC(=O)CCCC/C=C\C/C=C\C/C=C\C/C=C\CC)COC(=O)CCCCCCCCC/C=C\C/C=C\CCCCCC. The molecule has 0 saturated carbocycles. The molecule has 6 nitrogen and oxygen atoms in total. The molecule has 1 atom stereocenters. The van der Waals surface area contributed by atoms with Crippen LogP contribution in [0.4, 0.5) is 0 Å². The molecule has 0 N–H and O–H groups in total. The summed E-state index contributed by atoms with van der Waals surface area (Å²) in [5, 5.41) is 0. The van der Waals surface area contributed by atoms with Crippen molar-refractivity contribution in [3.8, 4) is 0 Å². The van der Waals surface area contributed by atoms with Gasteiger partial charge in [0.1, 0.15) is 13.2 Å². The van der Waals surface area contributed by atoms with Gasteiger partial charge >= 0.3 is 17.9 Å². The monoisotopic (exact) mass is 939 g/mol. The van der Waals surface area contributed by atoms with Crippen LogP contribution >= 0.6 is 0 Å². The van der Waals surface area contributed by atoms with Gasteiger partial charge in [-0.25, -0.2) is 0 Å². The Morgan fingerprint density at radius 1 is 0.309 bits per heavy atom. The lowest BCUT2D eigenvalue weighted by Crippen LogP contribution is -2.30. The first-order valence-electron chi connectivity index (χ1n) is 27.2. The highest BCUT2D eigenvalue weighted by atomic mass is 16.6. The normalized spacial score (nSPS) is 13.2. The van der Waals surface area contributed by atoms with Crippen molar-refractivity contribution in [2.75, 3.05) is 13.2 Å². The van der Waals surface area contributed by atoms with Gasteiger partial charge < -0.3 is 14.2 Å². The van der Waals surface area contributed by atoms with Gasteiger partial charge in [-0.05, 0) is 128 Å². The van der Waals surface area contributed by atoms with Gasteiger partial charge in [0.05, 0.1) is 0 Å². The van der Waals surface area contributed by atoms with E-state index in [0.29, 0.717) is 19.3 Å². The van der Waals surface area contributed by atoms with E-state index in [0.717, 1.165) is 109 Å². The Balaban J connectivity index is 4.57. The quantitative estimate of drug-likeness (QED) is 0.0262. The zero-order valence-corrected chi connectivity index (χ0v) is 43.6. The highest BCUT2D eigenvalue weighted by Crippen LogP contribution is 2.12. The molecular formula is C62H98O6. The Hall–Kier alpha value is -4.45. The molecule has 0 aromatic heterocycles. The zero-order chi connectivity index (χ0) is 49.3. The van der Waals surface area contributed by atoms with E-state index in [1.165, 1.54) is 57.8 Å². The van der Waals surface area contributed by atoms with E-state index in [4.69, 9.17) is 14.2 Å². The van der Waals surface area contributed by atoms with Crippen molar-refractivity contribution in [3.05, 3.63) is 134 Å². The number of unbranched alkanes of at least 4 members (excludes halogenated alkanes) is 14. The van der Waals surface area contributed by atoms with Crippen LogP contribution in [-0.4, -0.2) is 37.2 Å². The Morgan fingerprint density at radius 3 is 0.971 bits per heavy atom. The summed E-state index contributed by atoms with van der Waals surface area (Å²) in [5.74, 6) is -1.04. The van der Waals surface area contributed by atoms with Crippen LogP contribution in [0.15, 0.2) is 134 Å². The third kappa shape index (κ3) is 52.5. The lowest BCUT2D eigenvalue weighted by molar-refractivity contribution is -0.167. The molecule has 68 heavy (non-hydrogen) atoms. The second-order valence-electron chi connectivity index (χ2n) is 17.4. The van der Waals surface area contributed by atoms with Crippen LogP contribution in [0.25, 0.3) is 0 Å². The molecule has 0 radical (unpaired) electrons. The summed E-state index contributed by atoms with van der Waals surface area (Å²) >= 11 is 0. The van der Waals surface area contributed by atoms with Crippen molar-refractivity contribution in [1.82, 2.24) is 0 Å². The average molecular weight is 939 g/mol. The number of ether oxygens (including phenoxy) is 3. The van der Waals surface area contributed by atoms with Gasteiger partial charge in [0.2, 0.25) is 0 Å². The topological polar surface area (TPSA) is 78.9 Å². The highest BCUT2D eigenvalue weighted by molar-refractivity contribution is 5.71. The van der Waals surface area contributed by atoms with Crippen LogP contribution in [0.1, 0.15) is 220 Å². The Bertz CT molecular complexity index is 1500. The minimum absolute atomic E-state index is 0.123. The average Bonchev–Trinajstić information content (AvgIpc) is 3.34. The Morgan fingerprint density at radius 2 is 0.588 bits per heavy atom. The minimum atomic E-state index is -0.833. The fourth-order valence-electron chi connectivity index (χ4n) is 6.85. The van der Waals surface area contributed by atoms with Crippen molar-refractivity contribution in [2.24, 2.45) is 0 Å². The number of hydrogen-bond donors (Lipinski definition) is 0. The van der Waals surface area contributed by atoms with Crippen molar-refractivity contribution in [3.63, 3.8) is 0 Å². The Labute approximate surface area is 417 Å². The molecule has 0 bridgehead atoms. The van der Waals surface area contributed by atoms with Crippen LogP contribution < -0.4 is 0 Å². The molecule has 0 aliphatic carbocycles. The lowest BCUT2D eigenvalue weighted by Gasteiger charge is -2.18. The summed E-state index contributed by atoms with van der Waals surface area (Å²) in [4.78, 5) is 38.1. The van der Waals surface area contributed by atoms with Crippen LogP contribution in [0.3, 0.4) is 0 Å². The molecule has 0 aliphatic heterocycles. The maximum absolute atomic E-state index is 12.8. The van der Waals surface area contributed by atoms with Crippen LogP contribution in [0, 0.1) is 0 Å². The first kappa shape index (κ1) is 63.5. The van der Waals surface area contributed by atoms with Gasteiger partial charge in [0.15, 0.2) is 6.10 Å². The van der Waals surface area contributed by atoms with Crippen molar-refractivity contribution >= 4 is 17.9 Å². The number of carbonyl (C=O) groups excluding carboxylic acids is 3. The van der Waals surface area contributed by atoms with E-state index in [9.17, 15) is 14.4 Å². The molecule has 0 fully saturated rings. The third-order valence-corrected chi connectivity index (χ3v) is 10.9. The predicted octanol–water partition coefficient (Wildman–Crippen LogP) is 18.3. The number of rotatable bonds is 47. The van der Waals surface area contributed by atoms with Crippen molar-refractivity contribution in [2.45, 2.75) is 226 Å². The standard InChI is InChI=1S/C62H98O6/c1-4-7-10-13-16-19-22-25-28-30-32-34-37-40-43-46-49-52-55-61(64)67-58-59(57-66-60(63)54-51-48-45-42-39-36-33-27-24-21-18-15-12-9-6-3)68-62(65)56-53-50-47-44-41-38-35-31-29-26-23-20-17-14-11-8-5-2/h8-9,11-12,17-22,26-30,33,35,38-39,42,44,47,59H,4-7,10,13-16,23-25,31-32,34,36-37,40-41,43,45-46,48-58H2,1-3H3/b11-8-,12-9-,20-17-,21-18-,22-19-,29-26-,30-28-,33-27-,38-35-,42-39-,47-44-. The van der Waals surface area contributed by atoms with E-state index in [-0.39, 0.29) is 44.0 Å². The fraction of sp³-hybridized carbons (Fsp3) is 0.597. The molecule has 1 unspecified atom stereocenters. The van der Waals surface area contributed by atoms with Crippen molar-refractivity contribution in [1.29, 1.82) is 0 Å². The summed E-state index contributed by atoms with van der Waals surface area (Å²) in [5.41, 5.74) is 0. The molecule has 0 aliphatic rings. The van der Waals surface area contributed by atoms with Gasteiger partial charge in [-0.15, -0.1) is 0 Å². The van der Waals surface area contributed by atoms with E-state index >= 15 is 0 Å². The van der Waals surface area contributed by atoms with Gasteiger partial charge in [-0.3, -0.25) is 14.4 Å². The molecule has 6 heteroatoms. The van der Waals surface area contributed by atoms with E-state index in [2.05, 4.69) is 154 Å². The third-order valence-electron chi connectivity index (χ3n) is 10.9. The van der Waals surface area contributed by atoms with E-state index in [1.807, 2.05) is 0 Å². The minimum Gasteiger partial charge on any atom is -0.462 e. The molecule has 0 saturated heterocycles. The predicted molar refractivity (Wildman–Crippen MR) is 292 cm³/mol. The summed E-state index contributed by atoms with van der Waals surface area (Å²) in [7, 11) is 0. The van der Waals surface area contributed by atoms with Gasteiger partial charge in [-0.2, -0.15) is 0 Å².